The number of imide groups is 1. The van der Waals surface area contributed by atoms with E-state index in [0.717, 1.165) is 4.90 Å². The van der Waals surface area contributed by atoms with Gasteiger partial charge in [0.2, 0.25) is 5.78 Å². The van der Waals surface area contributed by atoms with Gasteiger partial charge in [-0.05, 0) is 67.6 Å². The standard InChI is InChI=1S/C33H21ClN2O5/c1-19(30(37)21-10-14-22(34)15-11-21)41-33(40)27-18-29(35-28-9-5-4-6-24(27)28)20-12-16-23(17-13-20)36-31(38)25-7-2-3-8-26(25)32(36)39/h2-19H,1H3. The van der Waals surface area contributed by atoms with Gasteiger partial charge in [0.1, 0.15) is 0 Å². The lowest BCUT2D eigenvalue weighted by Crippen LogP contribution is -2.29. The summed E-state index contributed by atoms with van der Waals surface area (Å²) < 4.78 is 5.59. The van der Waals surface area contributed by atoms with Crippen LogP contribution in [0.4, 0.5) is 5.69 Å². The Hall–Kier alpha value is -5.14. The molecule has 8 heteroatoms. The maximum absolute atomic E-state index is 13.3. The predicted molar refractivity (Wildman–Crippen MR) is 155 cm³/mol. The number of amides is 2. The van der Waals surface area contributed by atoms with E-state index in [9.17, 15) is 19.2 Å². The topological polar surface area (TPSA) is 93.6 Å². The summed E-state index contributed by atoms with van der Waals surface area (Å²) in [7, 11) is 0. The molecule has 1 aromatic heterocycles. The van der Waals surface area contributed by atoms with Gasteiger partial charge < -0.3 is 4.74 Å². The summed E-state index contributed by atoms with van der Waals surface area (Å²) in [6.07, 6.45) is -1.03. The second-order valence-electron chi connectivity index (χ2n) is 9.53. The van der Waals surface area contributed by atoms with Gasteiger partial charge in [0.25, 0.3) is 11.8 Å². The number of benzene rings is 4. The predicted octanol–water partition coefficient (Wildman–Crippen LogP) is 6.78. The molecule has 41 heavy (non-hydrogen) atoms. The number of hydrogen-bond donors (Lipinski definition) is 0. The third kappa shape index (κ3) is 4.77. The molecule has 2 amide bonds. The summed E-state index contributed by atoms with van der Waals surface area (Å²) in [6, 6.07) is 28.6. The van der Waals surface area contributed by atoms with Crippen molar-refractivity contribution in [2.45, 2.75) is 13.0 Å². The van der Waals surface area contributed by atoms with Crippen molar-refractivity contribution < 1.29 is 23.9 Å². The molecule has 4 aromatic carbocycles. The molecule has 0 spiro atoms. The molecule has 1 aliphatic heterocycles. The Kier molecular flexibility index (Phi) is 6.65. The van der Waals surface area contributed by atoms with Gasteiger partial charge in [-0.15, -0.1) is 0 Å². The number of carbonyl (C=O) groups excluding carboxylic acids is 4. The van der Waals surface area contributed by atoms with Crippen LogP contribution in [0.15, 0.2) is 103 Å². The molecular formula is C33H21ClN2O5. The minimum atomic E-state index is -1.03. The van der Waals surface area contributed by atoms with Crippen LogP contribution in [0.2, 0.25) is 5.02 Å². The number of fused-ring (bicyclic) bond motifs is 2. The molecule has 0 saturated carbocycles. The fourth-order valence-electron chi connectivity index (χ4n) is 4.82. The number of pyridine rings is 1. The number of ether oxygens (including phenoxy) is 1. The normalized spacial score (nSPS) is 13.3. The number of para-hydroxylation sites is 1. The van der Waals surface area contributed by atoms with Crippen LogP contribution < -0.4 is 4.90 Å². The van der Waals surface area contributed by atoms with Crippen molar-refractivity contribution in [1.29, 1.82) is 0 Å². The summed E-state index contributed by atoms with van der Waals surface area (Å²) in [5.74, 6) is -1.77. The Morgan fingerprint density at radius 3 is 2.07 bits per heavy atom. The van der Waals surface area contributed by atoms with Gasteiger partial charge in [-0.1, -0.05) is 54.1 Å². The Labute approximate surface area is 240 Å². The number of Topliss-reactive ketones (excluding diaryl/α,β-unsaturated/α-hetero) is 1. The molecule has 0 fully saturated rings. The van der Waals surface area contributed by atoms with Gasteiger partial charge in [-0.25, -0.2) is 14.7 Å². The Morgan fingerprint density at radius 2 is 1.41 bits per heavy atom. The number of anilines is 1. The van der Waals surface area contributed by atoms with Crippen molar-refractivity contribution in [3.63, 3.8) is 0 Å². The van der Waals surface area contributed by atoms with E-state index in [4.69, 9.17) is 21.3 Å². The van der Waals surface area contributed by atoms with E-state index in [1.54, 1.807) is 97.1 Å². The highest BCUT2D eigenvalue weighted by Crippen LogP contribution is 2.31. The summed E-state index contributed by atoms with van der Waals surface area (Å²) in [5.41, 5.74) is 3.51. The first-order valence-corrected chi connectivity index (χ1v) is 13.2. The first-order chi connectivity index (χ1) is 19.8. The van der Waals surface area contributed by atoms with Crippen LogP contribution in [0, 0.1) is 0 Å². The molecule has 1 unspecified atom stereocenters. The van der Waals surface area contributed by atoms with Gasteiger partial charge in [0, 0.05) is 21.5 Å². The Balaban J connectivity index is 1.29. The monoisotopic (exact) mass is 560 g/mol. The highest BCUT2D eigenvalue weighted by molar-refractivity contribution is 6.34. The molecule has 0 radical (unpaired) electrons. The molecule has 0 aliphatic carbocycles. The lowest BCUT2D eigenvalue weighted by atomic mass is 10.0. The lowest BCUT2D eigenvalue weighted by Gasteiger charge is -2.16. The second kappa shape index (κ2) is 10.4. The number of carbonyl (C=O) groups is 4. The van der Waals surface area contributed by atoms with E-state index in [1.165, 1.54) is 6.92 Å². The number of rotatable bonds is 6. The van der Waals surface area contributed by atoms with Gasteiger partial charge in [0.05, 0.1) is 33.6 Å². The molecule has 5 aromatic rings. The largest absolute Gasteiger partial charge is 0.451 e. The van der Waals surface area contributed by atoms with Crippen molar-refractivity contribution >= 4 is 51.8 Å². The van der Waals surface area contributed by atoms with E-state index in [-0.39, 0.29) is 23.2 Å². The molecule has 0 N–H and O–H groups in total. The fourth-order valence-corrected chi connectivity index (χ4v) is 4.95. The number of ketones is 1. The van der Waals surface area contributed by atoms with Crippen LogP contribution in [0.5, 0.6) is 0 Å². The van der Waals surface area contributed by atoms with E-state index < -0.39 is 12.1 Å². The van der Waals surface area contributed by atoms with Crippen LogP contribution in [0.1, 0.15) is 48.4 Å². The van der Waals surface area contributed by atoms with Crippen molar-refractivity contribution in [2.75, 3.05) is 4.90 Å². The smallest absolute Gasteiger partial charge is 0.339 e. The van der Waals surface area contributed by atoms with Crippen LogP contribution in [0.3, 0.4) is 0 Å². The number of halogens is 1. The van der Waals surface area contributed by atoms with Crippen molar-refractivity contribution in [2.24, 2.45) is 0 Å². The second-order valence-corrected chi connectivity index (χ2v) is 9.97. The highest BCUT2D eigenvalue weighted by atomic mass is 35.5. The third-order valence-corrected chi connectivity index (χ3v) is 7.19. The first kappa shape index (κ1) is 26.1. The van der Waals surface area contributed by atoms with Gasteiger partial charge in [-0.2, -0.15) is 0 Å². The summed E-state index contributed by atoms with van der Waals surface area (Å²) in [6.45, 7) is 1.52. The molecule has 7 nitrogen and oxygen atoms in total. The molecule has 6 rings (SSSR count). The number of hydrogen-bond acceptors (Lipinski definition) is 6. The van der Waals surface area contributed by atoms with Gasteiger partial charge in [0.15, 0.2) is 6.10 Å². The minimum absolute atomic E-state index is 0.255. The van der Waals surface area contributed by atoms with Crippen molar-refractivity contribution in [3.8, 4) is 11.3 Å². The molecule has 0 bridgehead atoms. The molecule has 0 saturated heterocycles. The van der Waals surface area contributed by atoms with Crippen molar-refractivity contribution in [3.05, 3.63) is 130 Å². The van der Waals surface area contributed by atoms with Gasteiger partial charge in [-0.3, -0.25) is 14.4 Å². The van der Waals surface area contributed by atoms with Crippen LogP contribution in [-0.4, -0.2) is 34.7 Å². The third-order valence-electron chi connectivity index (χ3n) is 6.93. The quantitative estimate of drug-likeness (QED) is 0.129. The molecular weight excluding hydrogens is 540 g/mol. The number of esters is 1. The Bertz CT molecular complexity index is 1830. The highest BCUT2D eigenvalue weighted by Gasteiger charge is 2.36. The van der Waals surface area contributed by atoms with E-state index in [0.29, 0.717) is 49.6 Å². The first-order valence-electron chi connectivity index (χ1n) is 12.8. The van der Waals surface area contributed by atoms with E-state index in [2.05, 4.69) is 0 Å². The zero-order valence-electron chi connectivity index (χ0n) is 21.7. The SMILES string of the molecule is CC(OC(=O)c1cc(-c2ccc(N3C(=O)c4ccccc4C3=O)cc2)nc2ccccc12)C(=O)c1ccc(Cl)cc1. The molecule has 200 valence electrons. The fraction of sp³-hybridized carbons (Fsp3) is 0.0606. The minimum Gasteiger partial charge on any atom is -0.451 e. The number of aromatic nitrogens is 1. The summed E-state index contributed by atoms with van der Waals surface area (Å²) in [5, 5.41) is 1.08. The summed E-state index contributed by atoms with van der Waals surface area (Å²) in [4.78, 5) is 57.8. The van der Waals surface area contributed by atoms with E-state index in [1.807, 2.05) is 6.07 Å². The van der Waals surface area contributed by atoms with Crippen LogP contribution >= 0.6 is 11.6 Å². The number of nitrogens with zero attached hydrogens (tertiary/aromatic N) is 2. The zero-order valence-corrected chi connectivity index (χ0v) is 22.5. The Morgan fingerprint density at radius 1 is 0.805 bits per heavy atom. The molecule has 1 aliphatic rings. The average molecular weight is 561 g/mol. The van der Waals surface area contributed by atoms with Gasteiger partial charge >= 0.3 is 5.97 Å². The van der Waals surface area contributed by atoms with Crippen LogP contribution in [0.25, 0.3) is 22.2 Å². The maximum atomic E-state index is 13.3. The summed E-state index contributed by atoms with van der Waals surface area (Å²) >= 11 is 5.92. The molecule has 1 atom stereocenters. The zero-order chi connectivity index (χ0) is 28.7. The molecule has 2 heterocycles. The van der Waals surface area contributed by atoms with Crippen LogP contribution in [-0.2, 0) is 4.74 Å². The lowest BCUT2D eigenvalue weighted by molar-refractivity contribution is 0.0320. The average Bonchev–Trinajstić information content (AvgIpc) is 3.26. The van der Waals surface area contributed by atoms with E-state index >= 15 is 0 Å². The maximum Gasteiger partial charge on any atom is 0.339 e. The van der Waals surface area contributed by atoms with Crippen molar-refractivity contribution in [1.82, 2.24) is 4.98 Å².